The van der Waals surface area contributed by atoms with Gasteiger partial charge >= 0.3 is 0 Å². The molecule has 106 valence electrons. The SMILES string of the molecule is Nc1ccc(-c2cncn2CCN2CCSCC2)cn1. The summed E-state index contributed by atoms with van der Waals surface area (Å²) in [7, 11) is 0. The minimum Gasteiger partial charge on any atom is -0.384 e. The molecular formula is C14H19N5S. The fourth-order valence-electron chi connectivity index (χ4n) is 2.37. The van der Waals surface area contributed by atoms with Crippen molar-refractivity contribution in [2.75, 3.05) is 36.9 Å². The van der Waals surface area contributed by atoms with E-state index in [1.165, 1.54) is 24.6 Å². The summed E-state index contributed by atoms with van der Waals surface area (Å²) < 4.78 is 2.19. The van der Waals surface area contributed by atoms with Crippen molar-refractivity contribution in [3.05, 3.63) is 30.9 Å². The van der Waals surface area contributed by atoms with Crippen LogP contribution in [-0.2, 0) is 6.54 Å². The lowest BCUT2D eigenvalue weighted by Crippen LogP contribution is -2.35. The van der Waals surface area contributed by atoms with E-state index in [0.717, 1.165) is 24.3 Å². The molecule has 0 unspecified atom stereocenters. The number of rotatable bonds is 4. The molecule has 5 nitrogen and oxygen atoms in total. The van der Waals surface area contributed by atoms with Crippen molar-refractivity contribution in [1.82, 2.24) is 19.4 Å². The van der Waals surface area contributed by atoms with Gasteiger partial charge in [-0.2, -0.15) is 11.8 Å². The molecule has 2 aromatic heterocycles. The van der Waals surface area contributed by atoms with E-state index in [0.29, 0.717) is 5.82 Å². The number of anilines is 1. The average Bonchev–Trinajstić information content (AvgIpc) is 2.95. The number of thioether (sulfide) groups is 1. The Morgan fingerprint density at radius 3 is 2.75 bits per heavy atom. The molecule has 2 aromatic rings. The van der Waals surface area contributed by atoms with Crippen LogP contribution in [0.5, 0.6) is 0 Å². The zero-order chi connectivity index (χ0) is 13.8. The van der Waals surface area contributed by atoms with Crippen molar-refractivity contribution in [1.29, 1.82) is 0 Å². The van der Waals surface area contributed by atoms with Crippen molar-refractivity contribution in [3.8, 4) is 11.3 Å². The van der Waals surface area contributed by atoms with Gasteiger partial charge in [0.05, 0.1) is 18.2 Å². The highest BCUT2D eigenvalue weighted by Crippen LogP contribution is 2.19. The van der Waals surface area contributed by atoms with Gasteiger partial charge in [-0.15, -0.1) is 0 Å². The van der Waals surface area contributed by atoms with Gasteiger partial charge in [-0.25, -0.2) is 9.97 Å². The fraction of sp³-hybridized carbons (Fsp3) is 0.429. The van der Waals surface area contributed by atoms with E-state index in [-0.39, 0.29) is 0 Å². The molecule has 0 saturated carbocycles. The molecule has 1 saturated heterocycles. The van der Waals surface area contributed by atoms with E-state index in [9.17, 15) is 0 Å². The minimum atomic E-state index is 0.547. The second-order valence-electron chi connectivity index (χ2n) is 4.90. The second kappa shape index (κ2) is 6.28. The van der Waals surface area contributed by atoms with Gasteiger partial charge < -0.3 is 10.3 Å². The summed E-state index contributed by atoms with van der Waals surface area (Å²) in [6.45, 7) is 4.42. The van der Waals surface area contributed by atoms with E-state index >= 15 is 0 Å². The van der Waals surface area contributed by atoms with Crippen LogP contribution in [0.1, 0.15) is 0 Å². The van der Waals surface area contributed by atoms with Crippen molar-refractivity contribution in [3.63, 3.8) is 0 Å². The van der Waals surface area contributed by atoms with E-state index in [1.54, 1.807) is 6.20 Å². The molecule has 1 aliphatic heterocycles. The summed E-state index contributed by atoms with van der Waals surface area (Å²) in [5.74, 6) is 3.04. The van der Waals surface area contributed by atoms with E-state index < -0.39 is 0 Å². The number of pyridine rings is 1. The average molecular weight is 289 g/mol. The van der Waals surface area contributed by atoms with Crippen LogP contribution in [0.2, 0.25) is 0 Å². The van der Waals surface area contributed by atoms with Crippen molar-refractivity contribution < 1.29 is 0 Å². The molecule has 0 atom stereocenters. The molecule has 3 heterocycles. The molecule has 20 heavy (non-hydrogen) atoms. The Labute approximate surface area is 123 Å². The monoisotopic (exact) mass is 289 g/mol. The number of nitrogens with zero attached hydrogens (tertiary/aromatic N) is 4. The predicted molar refractivity (Wildman–Crippen MR) is 83.6 cm³/mol. The number of imidazole rings is 1. The summed E-state index contributed by atoms with van der Waals surface area (Å²) in [4.78, 5) is 10.9. The van der Waals surface area contributed by atoms with Gasteiger partial charge in [0.1, 0.15) is 5.82 Å². The van der Waals surface area contributed by atoms with Gasteiger partial charge in [0, 0.05) is 49.4 Å². The van der Waals surface area contributed by atoms with Crippen molar-refractivity contribution in [2.45, 2.75) is 6.54 Å². The maximum atomic E-state index is 5.63. The Balaban J connectivity index is 1.68. The van der Waals surface area contributed by atoms with Crippen LogP contribution in [-0.4, -0.2) is 50.6 Å². The van der Waals surface area contributed by atoms with Gasteiger partial charge in [-0.05, 0) is 12.1 Å². The maximum absolute atomic E-state index is 5.63. The van der Waals surface area contributed by atoms with Crippen LogP contribution < -0.4 is 5.73 Å². The molecule has 6 heteroatoms. The Morgan fingerprint density at radius 1 is 1.15 bits per heavy atom. The van der Waals surface area contributed by atoms with Crippen LogP contribution in [0.15, 0.2) is 30.9 Å². The molecule has 0 amide bonds. The Morgan fingerprint density at radius 2 is 2.00 bits per heavy atom. The van der Waals surface area contributed by atoms with E-state index in [2.05, 4.69) is 19.4 Å². The van der Waals surface area contributed by atoms with Gasteiger partial charge in [0.15, 0.2) is 0 Å². The molecule has 0 aromatic carbocycles. The minimum absolute atomic E-state index is 0.547. The van der Waals surface area contributed by atoms with Crippen LogP contribution in [0, 0.1) is 0 Å². The topological polar surface area (TPSA) is 60.0 Å². The smallest absolute Gasteiger partial charge is 0.123 e. The summed E-state index contributed by atoms with van der Waals surface area (Å²) >= 11 is 2.04. The normalized spacial score (nSPS) is 16.4. The third kappa shape index (κ3) is 3.13. The number of nitrogens with two attached hydrogens (primary N) is 1. The summed E-state index contributed by atoms with van der Waals surface area (Å²) in [5.41, 5.74) is 7.79. The highest BCUT2D eigenvalue weighted by atomic mass is 32.2. The lowest BCUT2D eigenvalue weighted by atomic mass is 10.2. The number of nitrogen functional groups attached to an aromatic ring is 1. The zero-order valence-electron chi connectivity index (χ0n) is 11.4. The van der Waals surface area contributed by atoms with E-state index in [1.807, 2.05) is 36.4 Å². The third-order valence-corrected chi connectivity index (χ3v) is 4.50. The first-order valence-electron chi connectivity index (χ1n) is 6.85. The Kier molecular flexibility index (Phi) is 4.22. The van der Waals surface area contributed by atoms with Crippen molar-refractivity contribution >= 4 is 17.6 Å². The molecule has 0 aliphatic carbocycles. The first-order chi connectivity index (χ1) is 9.83. The fourth-order valence-corrected chi connectivity index (χ4v) is 3.35. The lowest BCUT2D eigenvalue weighted by molar-refractivity contribution is 0.290. The molecule has 2 N–H and O–H groups in total. The van der Waals surface area contributed by atoms with Gasteiger partial charge in [-0.3, -0.25) is 4.90 Å². The largest absolute Gasteiger partial charge is 0.384 e. The lowest BCUT2D eigenvalue weighted by Gasteiger charge is -2.26. The summed E-state index contributed by atoms with van der Waals surface area (Å²) in [5, 5.41) is 0. The Bertz CT molecular complexity index is 545. The molecule has 1 fully saturated rings. The summed E-state index contributed by atoms with van der Waals surface area (Å²) in [6.07, 6.45) is 5.59. The molecule has 0 radical (unpaired) electrons. The summed E-state index contributed by atoms with van der Waals surface area (Å²) in [6, 6.07) is 3.82. The third-order valence-electron chi connectivity index (χ3n) is 3.56. The number of hydrogen-bond acceptors (Lipinski definition) is 5. The van der Waals surface area contributed by atoms with Crippen LogP contribution in [0.25, 0.3) is 11.3 Å². The number of hydrogen-bond donors (Lipinski definition) is 1. The van der Waals surface area contributed by atoms with Crippen LogP contribution in [0.4, 0.5) is 5.82 Å². The zero-order valence-corrected chi connectivity index (χ0v) is 12.2. The molecule has 0 bridgehead atoms. The number of aromatic nitrogens is 3. The first kappa shape index (κ1) is 13.5. The molecule has 3 rings (SSSR count). The quantitative estimate of drug-likeness (QED) is 0.926. The molecular weight excluding hydrogens is 270 g/mol. The predicted octanol–water partition coefficient (Wildman–Crippen LogP) is 1.58. The second-order valence-corrected chi connectivity index (χ2v) is 6.12. The van der Waals surface area contributed by atoms with Gasteiger partial charge in [-0.1, -0.05) is 0 Å². The standard InChI is InChI=1S/C14H19N5S/c15-14-2-1-12(9-17-14)13-10-16-11-19(13)4-3-18-5-7-20-8-6-18/h1-2,9-11H,3-8H2,(H2,15,17). The maximum Gasteiger partial charge on any atom is 0.123 e. The van der Waals surface area contributed by atoms with Crippen LogP contribution in [0.3, 0.4) is 0 Å². The Hall–Kier alpha value is -1.53. The highest BCUT2D eigenvalue weighted by molar-refractivity contribution is 7.99. The first-order valence-corrected chi connectivity index (χ1v) is 8.00. The van der Waals surface area contributed by atoms with Crippen molar-refractivity contribution in [2.24, 2.45) is 0 Å². The molecule has 0 spiro atoms. The van der Waals surface area contributed by atoms with Crippen LogP contribution >= 0.6 is 11.8 Å². The molecule has 1 aliphatic rings. The highest BCUT2D eigenvalue weighted by Gasteiger charge is 2.11. The van der Waals surface area contributed by atoms with E-state index in [4.69, 9.17) is 5.73 Å². The van der Waals surface area contributed by atoms with Gasteiger partial charge in [0.2, 0.25) is 0 Å². The van der Waals surface area contributed by atoms with Gasteiger partial charge in [0.25, 0.3) is 0 Å².